The first kappa shape index (κ1) is 26.4. The van der Waals surface area contributed by atoms with Crippen molar-refractivity contribution < 1.29 is 14.7 Å². The third-order valence-electron chi connectivity index (χ3n) is 6.20. The number of amides is 2. The first-order valence-electron chi connectivity index (χ1n) is 12.1. The van der Waals surface area contributed by atoms with Crippen molar-refractivity contribution in [3.8, 4) is 6.07 Å². The van der Waals surface area contributed by atoms with Crippen molar-refractivity contribution in [3.63, 3.8) is 0 Å². The molecule has 1 heterocycles. The van der Waals surface area contributed by atoms with E-state index >= 15 is 0 Å². The summed E-state index contributed by atoms with van der Waals surface area (Å²) < 4.78 is 0. The number of unbranched alkanes of at least 4 members (excludes halogenated alkanes) is 2. The number of nitrogens with zero attached hydrogens (tertiary/aromatic N) is 4. The number of carbonyl (C=O) groups is 2. The lowest BCUT2D eigenvalue weighted by Crippen LogP contribution is -2.40. The fourth-order valence-electron chi connectivity index (χ4n) is 4.24. The lowest BCUT2D eigenvalue weighted by atomic mass is 9.94. The Morgan fingerprint density at radius 3 is 2.50 bits per heavy atom. The van der Waals surface area contributed by atoms with Gasteiger partial charge in [-0.25, -0.2) is 9.69 Å². The van der Waals surface area contributed by atoms with Gasteiger partial charge in [0.2, 0.25) is 5.71 Å². The number of aromatic amines is 1. The van der Waals surface area contributed by atoms with Gasteiger partial charge in [0.05, 0.1) is 11.2 Å². The Balaban J connectivity index is 1.80. The van der Waals surface area contributed by atoms with Gasteiger partial charge < -0.3 is 5.11 Å². The molecule has 1 aromatic heterocycles. The maximum atomic E-state index is 12.3. The topological polar surface area (TPSA) is 134 Å². The molecule has 2 aromatic carbocycles. The maximum Gasteiger partial charge on any atom is 0.414 e. The number of rotatable bonds is 10. The summed E-state index contributed by atoms with van der Waals surface area (Å²) in [4.78, 5) is 24.0. The van der Waals surface area contributed by atoms with Gasteiger partial charge in [-0.15, -0.1) is 0 Å². The molecule has 0 spiro atoms. The highest BCUT2D eigenvalue weighted by atomic mass is 16.4. The zero-order chi connectivity index (χ0) is 26.2. The minimum atomic E-state index is -1.43. The number of carboxylic acid groups (broad SMARTS) is 1. The Kier molecular flexibility index (Phi) is 8.79. The van der Waals surface area contributed by atoms with Crippen molar-refractivity contribution in [2.45, 2.75) is 59.8 Å². The van der Waals surface area contributed by atoms with Crippen LogP contribution in [0.15, 0.2) is 35.4 Å². The maximum absolute atomic E-state index is 12.3. The number of nitriles is 1. The Morgan fingerprint density at radius 1 is 1.17 bits per heavy atom. The van der Waals surface area contributed by atoms with Crippen molar-refractivity contribution in [1.82, 2.24) is 15.1 Å². The van der Waals surface area contributed by atoms with Crippen LogP contribution in [0.5, 0.6) is 0 Å². The molecule has 0 aliphatic carbocycles. The molecule has 3 N–H and O–H groups in total. The number of fused-ring (bicyclic) bond motifs is 1. The minimum absolute atomic E-state index is 0.0768. The molecule has 0 atom stereocenters. The van der Waals surface area contributed by atoms with E-state index in [1.807, 2.05) is 26.0 Å². The van der Waals surface area contributed by atoms with E-state index in [1.165, 1.54) is 42.0 Å². The van der Waals surface area contributed by atoms with E-state index in [2.05, 4.69) is 45.8 Å². The van der Waals surface area contributed by atoms with Gasteiger partial charge in [-0.3, -0.25) is 15.3 Å². The predicted molar refractivity (Wildman–Crippen MR) is 140 cm³/mol. The SMILES string of the molecule is CCCCCc1[nH]nc2ccc(Cc3c(C)cc(NN=C(C#N)C(=O)N(CC)C(=O)O)cc3C)cc12. The number of nitrogens with one attached hydrogen (secondary N) is 2. The molecule has 188 valence electrons. The summed E-state index contributed by atoms with van der Waals surface area (Å²) in [6, 6.07) is 11.8. The minimum Gasteiger partial charge on any atom is -0.465 e. The predicted octanol–water partition coefficient (Wildman–Crippen LogP) is 5.32. The Hall–Kier alpha value is -4.19. The number of benzene rings is 2. The number of H-pyrrole nitrogens is 1. The van der Waals surface area contributed by atoms with Crippen LogP contribution in [0, 0.1) is 25.2 Å². The first-order chi connectivity index (χ1) is 17.3. The lowest BCUT2D eigenvalue weighted by Gasteiger charge is -2.14. The zero-order valence-electron chi connectivity index (χ0n) is 21.2. The smallest absolute Gasteiger partial charge is 0.414 e. The van der Waals surface area contributed by atoms with Crippen molar-refractivity contribution in [2.24, 2.45) is 5.10 Å². The van der Waals surface area contributed by atoms with Crippen LogP contribution in [0.4, 0.5) is 10.5 Å². The molecule has 3 aromatic rings. The van der Waals surface area contributed by atoms with E-state index < -0.39 is 17.7 Å². The van der Waals surface area contributed by atoms with E-state index in [-0.39, 0.29) is 6.54 Å². The molecule has 0 aliphatic rings. The normalized spacial score (nSPS) is 11.4. The van der Waals surface area contributed by atoms with Crippen molar-refractivity contribution in [3.05, 3.63) is 58.3 Å². The summed E-state index contributed by atoms with van der Waals surface area (Å²) in [6.45, 7) is 7.64. The van der Waals surface area contributed by atoms with Crippen LogP contribution in [0.3, 0.4) is 0 Å². The number of anilines is 1. The number of imide groups is 1. The molecule has 9 nitrogen and oxygen atoms in total. The van der Waals surface area contributed by atoms with Crippen molar-refractivity contribution >= 4 is 34.3 Å². The first-order valence-corrected chi connectivity index (χ1v) is 12.1. The van der Waals surface area contributed by atoms with E-state index in [1.54, 1.807) is 6.07 Å². The molecule has 3 rings (SSSR count). The second-order valence-corrected chi connectivity index (χ2v) is 8.79. The summed E-state index contributed by atoms with van der Waals surface area (Å²) in [5, 5.41) is 31.1. The molecule has 0 radical (unpaired) electrons. The summed E-state index contributed by atoms with van der Waals surface area (Å²) in [5.74, 6) is -0.964. The van der Waals surface area contributed by atoms with Crippen molar-refractivity contribution in [1.29, 1.82) is 5.26 Å². The molecule has 2 amide bonds. The van der Waals surface area contributed by atoms with Gasteiger partial charge in [0.15, 0.2) is 0 Å². The molecule has 36 heavy (non-hydrogen) atoms. The average Bonchev–Trinajstić information content (AvgIpc) is 3.24. The highest BCUT2D eigenvalue weighted by molar-refractivity contribution is 6.46. The Bertz CT molecular complexity index is 1310. The van der Waals surface area contributed by atoms with Crippen LogP contribution in [0.25, 0.3) is 10.9 Å². The summed E-state index contributed by atoms with van der Waals surface area (Å²) in [7, 11) is 0. The molecule has 0 aliphatic heterocycles. The van der Waals surface area contributed by atoms with Gasteiger partial charge >= 0.3 is 6.09 Å². The van der Waals surface area contributed by atoms with Crippen LogP contribution in [0.1, 0.15) is 61.1 Å². The largest absolute Gasteiger partial charge is 0.465 e. The molecule has 0 fully saturated rings. The molecule has 0 saturated carbocycles. The van der Waals surface area contributed by atoms with Crippen LogP contribution >= 0.6 is 0 Å². The van der Waals surface area contributed by atoms with Gasteiger partial charge in [0, 0.05) is 17.6 Å². The van der Waals surface area contributed by atoms with Crippen LogP contribution < -0.4 is 5.43 Å². The molecule has 0 unspecified atom stereocenters. The Labute approximate surface area is 210 Å². The van der Waals surface area contributed by atoms with Crippen molar-refractivity contribution in [2.75, 3.05) is 12.0 Å². The lowest BCUT2D eigenvalue weighted by molar-refractivity contribution is -0.121. The van der Waals surface area contributed by atoms with E-state index in [9.17, 15) is 14.9 Å². The molecule has 9 heteroatoms. The fraction of sp³-hybridized carbons (Fsp3) is 0.370. The second-order valence-electron chi connectivity index (χ2n) is 8.79. The van der Waals surface area contributed by atoms with Gasteiger partial charge in [0.1, 0.15) is 6.07 Å². The Morgan fingerprint density at radius 2 is 1.89 bits per heavy atom. The average molecular weight is 489 g/mol. The van der Waals surface area contributed by atoms with Gasteiger partial charge in [0.25, 0.3) is 5.91 Å². The van der Waals surface area contributed by atoms with Gasteiger partial charge in [-0.1, -0.05) is 25.8 Å². The zero-order valence-corrected chi connectivity index (χ0v) is 21.2. The molecular formula is C27H32N6O3. The third kappa shape index (κ3) is 6.08. The van der Waals surface area contributed by atoms with Gasteiger partial charge in [-0.2, -0.15) is 15.5 Å². The fourth-order valence-corrected chi connectivity index (χ4v) is 4.24. The number of hydrogen-bond donors (Lipinski definition) is 3. The molecular weight excluding hydrogens is 456 g/mol. The van der Waals surface area contributed by atoms with Crippen LogP contribution in [-0.2, 0) is 17.6 Å². The molecule has 0 bridgehead atoms. The van der Waals surface area contributed by atoms with Crippen LogP contribution in [0.2, 0.25) is 0 Å². The summed E-state index contributed by atoms with van der Waals surface area (Å²) in [5.41, 5.74) is 9.41. The summed E-state index contributed by atoms with van der Waals surface area (Å²) >= 11 is 0. The van der Waals surface area contributed by atoms with Crippen LogP contribution in [-0.4, -0.2) is 44.5 Å². The quantitative estimate of drug-likeness (QED) is 0.201. The number of hydrogen-bond acceptors (Lipinski definition) is 6. The van der Waals surface area contributed by atoms with Gasteiger partial charge in [-0.05, 0) is 86.6 Å². The highest BCUT2D eigenvalue weighted by Gasteiger charge is 2.24. The van der Waals surface area contributed by atoms with E-state index in [4.69, 9.17) is 5.11 Å². The molecule has 0 saturated heterocycles. The summed E-state index contributed by atoms with van der Waals surface area (Å²) in [6.07, 6.45) is 3.83. The van der Waals surface area contributed by atoms with E-state index in [0.29, 0.717) is 10.6 Å². The number of hydrazone groups is 1. The second kappa shape index (κ2) is 12.0. The third-order valence-corrected chi connectivity index (χ3v) is 6.20. The number of aromatic nitrogens is 2. The highest BCUT2D eigenvalue weighted by Crippen LogP contribution is 2.26. The number of carbonyl (C=O) groups excluding carboxylic acids is 1. The standard InChI is InChI=1S/C27H32N6O3/c1-5-7-8-9-23-22-15-19(10-11-24(22)31-30-23)14-21-17(3)12-20(13-18(21)4)29-32-25(16-28)26(34)33(6-2)27(35)36/h10-13,15,29H,5-9,14H2,1-4H3,(H,30,31)(H,35,36). The van der Waals surface area contributed by atoms with E-state index in [0.717, 1.165) is 35.9 Å². The monoisotopic (exact) mass is 488 g/mol. The number of aryl methyl sites for hydroxylation is 3.